The van der Waals surface area contributed by atoms with Crippen molar-refractivity contribution < 1.29 is 19.4 Å². The highest BCUT2D eigenvalue weighted by molar-refractivity contribution is 5.88. The van der Waals surface area contributed by atoms with E-state index in [4.69, 9.17) is 14.6 Å². The fourth-order valence-corrected chi connectivity index (χ4v) is 1.37. The molecule has 0 amide bonds. The van der Waals surface area contributed by atoms with Crippen molar-refractivity contribution in [2.75, 3.05) is 13.7 Å². The lowest BCUT2D eigenvalue weighted by Gasteiger charge is -2.21. The van der Waals surface area contributed by atoms with Crippen LogP contribution in [0.15, 0.2) is 10.5 Å². The number of likely N-dealkylation sites (N-methyl/N-ethyl adjacent to an activating group) is 1. The molecule has 0 spiro atoms. The number of nitrogens with zero attached hydrogens (tertiary/aromatic N) is 1. The topological polar surface area (TPSA) is 73.9 Å². The molecule has 1 atom stereocenters. The van der Waals surface area contributed by atoms with Crippen LogP contribution in [0, 0.1) is 6.92 Å². The van der Waals surface area contributed by atoms with Crippen LogP contribution in [0.3, 0.4) is 0 Å². The summed E-state index contributed by atoms with van der Waals surface area (Å²) in [4.78, 5) is 12.7. The zero-order valence-corrected chi connectivity index (χ0v) is 9.73. The highest BCUT2D eigenvalue weighted by Crippen LogP contribution is 2.16. The number of furan rings is 1. The molecule has 16 heavy (non-hydrogen) atoms. The first kappa shape index (κ1) is 12.7. The number of carbonyl (C=O) groups is 1. The summed E-state index contributed by atoms with van der Waals surface area (Å²) in [7, 11) is 1.85. The van der Waals surface area contributed by atoms with Gasteiger partial charge in [-0.15, -0.1) is 0 Å². The molecule has 0 aliphatic heterocycles. The quantitative estimate of drug-likeness (QED) is 0.788. The van der Waals surface area contributed by atoms with E-state index in [1.165, 1.54) is 6.07 Å². The summed E-state index contributed by atoms with van der Waals surface area (Å²) >= 11 is 0. The molecule has 1 aromatic heterocycles. The number of aromatic carboxylic acids is 1. The summed E-state index contributed by atoms with van der Waals surface area (Å²) in [5, 5.41) is 17.8. The first-order valence-corrected chi connectivity index (χ1v) is 5.09. The minimum Gasteiger partial charge on any atom is -0.478 e. The summed E-state index contributed by atoms with van der Waals surface area (Å²) in [5.41, 5.74) is 0.194. The maximum Gasteiger partial charge on any atom is 0.339 e. The highest BCUT2D eigenvalue weighted by Gasteiger charge is 2.16. The van der Waals surface area contributed by atoms with Gasteiger partial charge in [0, 0.05) is 6.04 Å². The molecule has 1 aromatic rings. The van der Waals surface area contributed by atoms with E-state index in [0.717, 1.165) is 0 Å². The van der Waals surface area contributed by atoms with Gasteiger partial charge in [0.15, 0.2) is 0 Å². The lowest BCUT2D eigenvalue weighted by atomic mass is 10.2. The molecule has 0 aliphatic carbocycles. The third-order valence-electron chi connectivity index (χ3n) is 2.62. The van der Waals surface area contributed by atoms with Gasteiger partial charge in [-0.05, 0) is 27.0 Å². The second kappa shape index (κ2) is 5.14. The van der Waals surface area contributed by atoms with Crippen LogP contribution in [0.25, 0.3) is 0 Å². The Hall–Kier alpha value is -1.33. The van der Waals surface area contributed by atoms with Crippen LogP contribution < -0.4 is 0 Å². The maximum absolute atomic E-state index is 10.8. The molecule has 0 radical (unpaired) electrons. The van der Waals surface area contributed by atoms with Crippen molar-refractivity contribution in [1.82, 2.24) is 4.90 Å². The van der Waals surface area contributed by atoms with Crippen LogP contribution >= 0.6 is 0 Å². The van der Waals surface area contributed by atoms with Gasteiger partial charge < -0.3 is 14.6 Å². The van der Waals surface area contributed by atoms with Crippen LogP contribution in [0.5, 0.6) is 0 Å². The Bertz CT molecular complexity index is 372. The Balaban J connectivity index is 2.75. The molecule has 0 bridgehead atoms. The van der Waals surface area contributed by atoms with E-state index in [-0.39, 0.29) is 18.2 Å². The molecule has 0 aliphatic rings. The number of hydrogen-bond donors (Lipinski definition) is 2. The molecule has 90 valence electrons. The lowest BCUT2D eigenvalue weighted by Crippen LogP contribution is -2.31. The predicted molar refractivity (Wildman–Crippen MR) is 58.4 cm³/mol. The van der Waals surface area contributed by atoms with Gasteiger partial charge in [0.2, 0.25) is 0 Å². The van der Waals surface area contributed by atoms with Gasteiger partial charge in [-0.1, -0.05) is 0 Å². The van der Waals surface area contributed by atoms with E-state index in [1.807, 2.05) is 18.9 Å². The van der Waals surface area contributed by atoms with Crippen molar-refractivity contribution in [3.63, 3.8) is 0 Å². The van der Waals surface area contributed by atoms with Gasteiger partial charge in [-0.3, -0.25) is 4.90 Å². The number of hydrogen-bond acceptors (Lipinski definition) is 4. The number of carboxylic acid groups (broad SMARTS) is 1. The van der Waals surface area contributed by atoms with Gasteiger partial charge in [-0.25, -0.2) is 4.79 Å². The Morgan fingerprint density at radius 2 is 2.25 bits per heavy atom. The largest absolute Gasteiger partial charge is 0.478 e. The molecule has 2 N–H and O–H groups in total. The second-order valence-electron chi connectivity index (χ2n) is 3.93. The maximum atomic E-state index is 10.8. The normalized spacial score (nSPS) is 13.1. The number of aliphatic hydroxyl groups excluding tert-OH is 1. The van der Waals surface area contributed by atoms with E-state index in [9.17, 15) is 4.79 Å². The van der Waals surface area contributed by atoms with Gasteiger partial charge in [0.25, 0.3) is 0 Å². The van der Waals surface area contributed by atoms with Crippen LogP contribution in [0.1, 0.15) is 28.8 Å². The molecular formula is C11H17NO4. The molecule has 5 nitrogen and oxygen atoms in total. The fourth-order valence-electron chi connectivity index (χ4n) is 1.37. The van der Waals surface area contributed by atoms with Crippen molar-refractivity contribution in [3.05, 3.63) is 23.2 Å². The van der Waals surface area contributed by atoms with Gasteiger partial charge in [0.05, 0.1) is 13.2 Å². The SMILES string of the molecule is Cc1oc(CN(C)C(C)CO)cc1C(=O)O. The summed E-state index contributed by atoms with van der Waals surface area (Å²) in [6, 6.07) is 1.54. The van der Waals surface area contributed by atoms with Gasteiger partial charge >= 0.3 is 5.97 Å². The smallest absolute Gasteiger partial charge is 0.339 e. The molecular weight excluding hydrogens is 210 g/mol. The molecule has 5 heteroatoms. The van der Waals surface area contributed by atoms with Crippen LogP contribution in [0.2, 0.25) is 0 Å². The third-order valence-corrected chi connectivity index (χ3v) is 2.62. The molecule has 1 rings (SSSR count). The van der Waals surface area contributed by atoms with E-state index >= 15 is 0 Å². The molecule has 1 unspecified atom stereocenters. The van der Waals surface area contributed by atoms with Crippen molar-refractivity contribution in [2.45, 2.75) is 26.4 Å². The van der Waals surface area contributed by atoms with Crippen molar-refractivity contribution in [2.24, 2.45) is 0 Å². The Kier molecular flexibility index (Phi) is 4.09. The molecule has 0 saturated heterocycles. The van der Waals surface area contributed by atoms with Gasteiger partial charge in [-0.2, -0.15) is 0 Å². The summed E-state index contributed by atoms with van der Waals surface area (Å²) in [5.74, 6) is 0.0237. The average Bonchev–Trinajstić information content (AvgIpc) is 2.58. The molecule has 0 aromatic carbocycles. The van der Waals surface area contributed by atoms with Gasteiger partial charge in [0.1, 0.15) is 17.1 Å². The first-order valence-electron chi connectivity index (χ1n) is 5.09. The highest BCUT2D eigenvalue weighted by atomic mass is 16.4. The average molecular weight is 227 g/mol. The fraction of sp³-hybridized carbons (Fsp3) is 0.545. The first-order chi connectivity index (χ1) is 7.45. The standard InChI is InChI=1S/C11H17NO4/c1-7(6-13)12(3)5-9-4-10(11(14)15)8(2)16-9/h4,7,13H,5-6H2,1-3H3,(H,14,15). The molecule has 1 heterocycles. The Morgan fingerprint density at radius 3 is 2.69 bits per heavy atom. The minimum atomic E-state index is -0.981. The third kappa shape index (κ3) is 2.84. The number of rotatable bonds is 5. The van der Waals surface area contributed by atoms with Crippen LogP contribution in [-0.4, -0.2) is 40.8 Å². The zero-order chi connectivity index (χ0) is 12.3. The van der Waals surface area contributed by atoms with Crippen molar-refractivity contribution in [1.29, 1.82) is 0 Å². The van der Waals surface area contributed by atoms with E-state index in [1.54, 1.807) is 6.92 Å². The Labute approximate surface area is 94.3 Å². The van der Waals surface area contributed by atoms with Crippen molar-refractivity contribution >= 4 is 5.97 Å². The van der Waals surface area contributed by atoms with Crippen molar-refractivity contribution in [3.8, 4) is 0 Å². The molecule has 0 fully saturated rings. The van der Waals surface area contributed by atoms with E-state index in [2.05, 4.69) is 0 Å². The summed E-state index contributed by atoms with van der Waals surface area (Å²) in [6.45, 7) is 4.05. The second-order valence-corrected chi connectivity index (χ2v) is 3.93. The van der Waals surface area contributed by atoms with E-state index < -0.39 is 5.97 Å². The van der Waals surface area contributed by atoms with E-state index in [0.29, 0.717) is 18.1 Å². The zero-order valence-electron chi connectivity index (χ0n) is 9.73. The monoisotopic (exact) mass is 227 g/mol. The number of carboxylic acids is 1. The Morgan fingerprint density at radius 1 is 1.62 bits per heavy atom. The lowest BCUT2D eigenvalue weighted by molar-refractivity contribution is 0.0695. The molecule has 0 saturated carbocycles. The predicted octanol–water partition coefficient (Wildman–Crippen LogP) is 1.10. The van der Waals surface area contributed by atoms with Crippen LogP contribution in [0.4, 0.5) is 0 Å². The van der Waals surface area contributed by atoms with Crippen LogP contribution in [-0.2, 0) is 6.54 Å². The number of aliphatic hydroxyl groups is 1. The number of aryl methyl sites for hydroxylation is 1. The minimum absolute atomic E-state index is 0.0127. The summed E-state index contributed by atoms with van der Waals surface area (Å²) < 4.78 is 5.34. The summed E-state index contributed by atoms with van der Waals surface area (Å²) in [6.07, 6.45) is 0.